The Balaban J connectivity index is 1.78. The molecule has 0 radical (unpaired) electrons. The first-order valence-corrected chi connectivity index (χ1v) is 7.76. The van der Waals surface area contributed by atoms with Gasteiger partial charge in [-0.05, 0) is 38.3 Å². The summed E-state index contributed by atoms with van der Waals surface area (Å²) < 4.78 is 5.29. The van der Waals surface area contributed by atoms with E-state index in [0.717, 1.165) is 31.6 Å². The van der Waals surface area contributed by atoms with E-state index in [4.69, 9.17) is 9.84 Å². The van der Waals surface area contributed by atoms with Crippen LogP contribution >= 0.6 is 0 Å². The summed E-state index contributed by atoms with van der Waals surface area (Å²) in [5.74, 6) is 0. The van der Waals surface area contributed by atoms with Gasteiger partial charge in [0.15, 0.2) is 0 Å². The molecule has 0 aliphatic carbocycles. The molecule has 5 nitrogen and oxygen atoms in total. The highest BCUT2D eigenvalue weighted by molar-refractivity contribution is 5.68. The summed E-state index contributed by atoms with van der Waals surface area (Å²) >= 11 is 0. The molecule has 0 saturated carbocycles. The van der Waals surface area contributed by atoms with Crippen LogP contribution in [-0.2, 0) is 17.9 Å². The van der Waals surface area contributed by atoms with E-state index in [1.54, 1.807) is 0 Å². The zero-order valence-electron chi connectivity index (χ0n) is 13.6. The van der Waals surface area contributed by atoms with Gasteiger partial charge in [0.1, 0.15) is 5.60 Å². The van der Waals surface area contributed by atoms with E-state index < -0.39 is 5.60 Å². The second kappa shape index (κ2) is 7.11. The molecule has 5 heteroatoms. The van der Waals surface area contributed by atoms with E-state index in [0.29, 0.717) is 0 Å². The van der Waals surface area contributed by atoms with E-state index >= 15 is 0 Å². The third-order valence-corrected chi connectivity index (χ3v) is 3.60. The molecule has 2 N–H and O–H groups in total. The van der Waals surface area contributed by atoms with Gasteiger partial charge in [-0.1, -0.05) is 24.3 Å². The van der Waals surface area contributed by atoms with Crippen LogP contribution < -0.4 is 5.32 Å². The lowest BCUT2D eigenvalue weighted by Crippen LogP contribution is -2.40. The molecule has 22 heavy (non-hydrogen) atoms. The number of aliphatic hydroxyl groups is 1. The van der Waals surface area contributed by atoms with Crippen molar-refractivity contribution in [3.05, 3.63) is 35.4 Å². The van der Waals surface area contributed by atoms with Crippen LogP contribution in [0.4, 0.5) is 4.79 Å². The number of benzene rings is 1. The van der Waals surface area contributed by atoms with Gasteiger partial charge in [-0.2, -0.15) is 0 Å². The Morgan fingerprint density at radius 3 is 2.55 bits per heavy atom. The van der Waals surface area contributed by atoms with Crippen LogP contribution in [0.25, 0.3) is 0 Å². The molecule has 1 atom stereocenters. The van der Waals surface area contributed by atoms with Crippen LogP contribution in [-0.4, -0.2) is 40.8 Å². The summed E-state index contributed by atoms with van der Waals surface area (Å²) in [5, 5.41) is 12.0. The normalized spacial score (nSPS) is 19.2. The molecule has 1 amide bonds. The van der Waals surface area contributed by atoms with E-state index in [1.165, 1.54) is 5.56 Å². The Morgan fingerprint density at radius 2 is 1.95 bits per heavy atom. The first kappa shape index (κ1) is 16.8. The van der Waals surface area contributed by atoms with Crippen molar-refractivity contribution in [2.45, 2.75) is 52.0 Å². The summed E-state index contributed by atoms with van der Waals surface area (Å²) in [5.41, 5.74) is 1.68. The van der Waals surface area contributed by atoms with E-state index in [1.807, 2.05) is 45.0 Å². The third-order valence-electron chi connectivity index (χ3n) is 3.60. The Kier molecular flexibility index (Phi) is 5.42. The van der Waals surface area contributed by atoms with Crippen LogP contribution in [0.15, 0.2) is 24.3 Å². The van der Waals surface area contributed by atoms with Crippen molar-refractivity contribution < 1.29 is 14.6 Å². The van der Waals surface area contributed by atoms with Gasteiger partial charge in [-0.25, -0.2) is 4.79 Å². The number of nitrogens with zero attached hydrogens (tertiary/aromatic N) is 1. The van der Waals surface area contributed by atoms with Gasteiger partial charge in [0.2, 0.25) is 0 Å². The SMILES string of the molecule is CC(C)(C)OC(=O)N[C@@H]1CCN(Cc2ccc(CO)cc2)C1. The molecule has 1 fully saturated rings. The zero-order chi connectivity index (χ0) is 16.2. The predicted molar refractivity (Wildman–Crippen MR) is 85.4 cm³/mol. The largest absolute Gasteiger partial charge is 0.444 e. The van der Waals surface area contributed by atoms with Crippen molar-refractivity contribution >= 4 is 6.09 Å². The standard InChI is InChI=1S/C17H26N2O3/c1-17(2,3)22-16(21)18-15-8-9-19(11-15)10-13-4-6-14(12-20)7-5-13/h4-7,15,20H,8-12H2,1-3H3,(H,18,21)/t15-/m1/s1. The van der Waals surface area contributed by atoms with Crippen molar-refractivity contribution in [2.75, 3.05) is 13.1 Å². The molecule has 0 bridgehead atoms. The quantitative estimate of drug-likeness (QED) is 0.896. The summed E-state index contributed by atoms with van der Waals surface area (Å²) in [6.45, 7) is 8.32. The van der Waals surface area contributed by atoms with Crippen LogP contribution in [0.1, 0.15) is 38.3 Å². The van der Waals surface area contributed by atoms with E-state index in [2.05, 4.69) is 10.2 Å². The predicted octanol–water partition coefficient (Wildman–Crippen LogP) is 2.28. The van der Waals surface area contributed by atoms with Crippen LogP contribution in [0.5, 0.6) is 0 Å². The second-order valence-electron chi connectivity index (χ2n) is 6.84. The first-order valence-electron chi connectivity index (χ1n) is 7.76. The number of nitrogens with one attached hydrogen (secondary N) is 1. The average Bonchev–Trinajstić information content (AvgIpc) is 2.84. The van der Waals surface area contributed by atoms with Gasteiger partial charge >= 0.3 is 6.09 Å². The molecule has 0 aromatic heterocycles. The van der Waals surface area contributed by atoms with Gasteiger partial charge in [0.25, 0.3) is 0 Å². The fraction of sp³-hybridized carbons (Fsp3) is 0.588. The summed E-state index contributed by atoms with van der Waals surface area (Å²) in [6.07, 6.45) is 0.597. The molecule has 1 aliphatic rings. The summed E-state index contributed by atoms with van der Waals surface area (Å²) in [6, 6.07) is 8.12. The van der Waals surface area contributed by atoms with Crippen LogP contribution in [0.2, 0.25) is 0 Å². The first-order chi connectivity index (χ1) is 10.4. The highest BCUT2D eigenvalue weighted by Gasteiger charge is 2.25. The lowest BCUT2D eigenvalue weighted by atomic mass is 10.1. The maximum Gasteiger partial charge on any atom is 0.407 e. The molecule has 1 aliphatic heterocycles. The smallest absolute Gasteiger partial charge is 0.407 e. The average molecular weight is 306 g/mol. The fourth-order valence-corrected chi connectivity index (χ4v) is 2.58. The van der Waals surface area contributed by atoms with Gasteiger partial charge in [-0.3, -0.25) is 4.90 Å². The van der Waals surface area contributed by atoms with Crippen molar-refractivity contribution in [1.82, 2.24) is 10.2 Å². The Hall–Kier alpha value is -1.59. The molecule has 0 unspecified atom stereocenters. The lowest BCUT2D eigenvalue weighted by Gasteiger charge is -2.22. The number of aliphatic hydroxyl groups excluding tert-OH is 1. The van der Waals surface area contributed by atoms with Crippen molar-refractivity contribution in [3.63, 3.8) is 0 Å². The number of hydrogen-bond acceptors (Lipinski definition) is 4. The summed E-state index contributed by atoms with van der Waals surface area (Å²) in [4.78, 5) is 14.1. The second-order valence-corrected chi connectivity index (χ2v) is 6.84. The topological polar surface area (TPSA) is 61.8 Å². The fourth-order valence-electron chi connectivity index (χ4n) is 2.58. The van der Waals surface area contributed by atoms with E-state index in [-0.39, 0.29) is 18.7 Å². The Labute approximate surface area is 132 Å². The number of ether oxygens (including phenoxy) is 1. The molecular weight excluding hydrogens is 280 g/mol. The number of carbonyl (C=O) groups excluding carboxylic acids is 1. The highest BCUT2D eigenvalue weighted by Crippen LogP contribution is 2.15. The number of amides is 1. The monoisotopic (exact) mass is 306 g/mol. The summed E-state index contributed by atoms with van der Waals surface area (Å²) in [7, 11) is 0. The van der Waals surface area contributed by atoms with Gasteiger partial charge in [0, 0.05) is 25.7 Å². The molecule has 1 aromatic carbocycles. The molecular formula is C17H26N2O3. The minimum atomic E-state index is -0.461. The van der Waals surface area contributed by atoms with Crippen molar-refractivity contribution in [2.24, 2.45) is 0 Å². The van der Waals surface area contributed by atoms with Crippen LogP contribution in [0.3, 0.4) is 0 Å². The number of alkyl carbamates (subject to hydrolysis) is 1. The molecule has 1 saturated heterocycles. The van der Waals surface area contributed by atoms with Crippen LogP contribution in [0, 0.1) is 0 Å². The Bertz CT molecular complexity index is 494. The molecule has 1 heterocycles. The van der Waals surface area contributed by atoms with Gasteiger partial charge in [0.05, 0.1) is 6.61 Å². The van der Waals surface area contributed by atoms with Crippen molar-refractivity contribution in [1.29, 1.82) is 0 Å². The van der Waals surface area contributed by atoms with Gasteiger partial charge < -0.3 is 15.2 Å². The molecule has 2 rings (SSSR count). The minimum Gasteiger partial charge on any atom is -0.444 e. The minimum absolute atomic E-state index is 0.0753. The van der Waals surface area contributed by atoms with Gasteiger partial charge in [-0.15, -0.1) is 0 Å². The lowest BCUT2D eigenvalue weighted by molar-refractivity contribution is 0.0506. The van der Waals surface area contributed by atoms with Crippen molar-refractivity contribution in [3.8, 4) is 0 Å². The number of rotatable bonds is 4. The Morgan fingerprint density at radius 1 is 1.32 bits per heavy atom. The third kappa shape index (κ3) is 5.31. The number of likely N-dealkylation sites (tertiary alicyclic amines) is 1. The molecule has 1 aromatic rings. The molecule has 122 valence electrons. The number of carbonyl (C=O) groups is 1. The zero-order valence-corrected chi connectivity index (χ0v) is 13.6. The molecule has 0 spiro atoms. The number of hydrogen-bond donors (Lipinski definition) is 2. The highest BCUT2D eigenvalue weighted by atomic mass is 16.6. The van der Waals surface area contributed by atoms with E-state index in [9.17, 15) is 4.79 Å². The maximum absolute atomic E-state index is 11.8. The maximum atomic E-state index is 11.8.